The van der Waals surface area contributed by atoms with E-state index in [-0.39, 0.29) is 18.2 Å². The Balaban J connectivity index is 0.00000200. The van der Waals surface area contributed by atoms with Gasteiger partial charge in [-0.15, -0.1) is 12.4 Å². The summed E-state index contributed by atoms with van der Waals surface area (Å²) >= 11 is 5.91. The summed E-state index contributed by atoms with van der Waals surface area (Å²) in [6, 6.07) is 6.77. The molecule has 0 amide bonds. The molecule has 4 nitrogen and oxygen atoms in total. The smallest absolute Gasteiger partial charge is 0.379 e. The lowest BCUT2D eigenvalue weighted by Crippen LogP contribution is -2.16. The van der Waals surface area contributed by atoms with Crippen LogP contribution in [0, 0.1) is 0 Å². The second kappa shape index (κ2) is 7.53. The molecule has 0 radical (unpaired) electrons. The van der Waals surface area contributed by atoms with Crippen molar-refractivity contribution in [2.45, 2.75) is 6.42 Å². The van der Waals surface area contributed by atoms with Gasteiger partial charge in [0.2, 0.25) is 5.75 Å². The maximum atomic E-state index is 11.7. The third-order valence-electron chi connectivity index (χ3n) is 2.67. The van der Waals surface area contributed by atoms with Crippen molar-refractivity contribution >= 4 is 35.0 Å². The molecule has 0 saturated heterocycles. The number of rotatable bonds is 5. The Hall–Kier alpha value is -1.23. The van der Waals surface area contributed by atoms with Crippen molar-refractivity contribution in [3.05, 3.63) is 39.7 Å². The van der Waals surface area contributed by atoms with E-state index in [1.807, 2.05) is 14.1 Å². The van der Waals surface area contributed by atoms with E-state index in [4.69, 9.17) is 20.8 Å². The van der Waals surface area contributed by atoms with Gasteiger partial charge >= 0.3 is 5.63 Å². The van der Waals surface area contributed by atoms with E-state index in [2.05, 4.69) is 4.90 Å². The van der Waals surface area contributed by atoms with E-state index >= 15 is 0 Å². The Morgan fingerprint density at radius 1 is 1.30 bits per heavy atom. The standard InChI is InChI=1S/C14H16ClNO3.ClH/c1-16(2)6-3-7-18-13-9-10-8-11(15)4-5-12(10)19-14(13)17;/h4-5,8-9H,3,6-7H2,1-2H3;1H. The molecule has 6 heteroatoms. The summed E-state index contributed by atoms with van der Waals surface area (Å²) < 4.78 is 10.6. The van der Waals surface area contributed by atoms with E-state index in [0.29, 0.717) is 17.2 Å². The average molecular weight is 318 g/mol. The molecule has 0 fully saturated rings. The fraction of sp³-hybridized carbons (Fsp3) is 0.357. The van der Waals surface area contributed by atoms with E-state index in [1.54, 1.807) is 24.3 Å². The number of benzene rings is 1. The average Bonchev–Trinajstić information content (AvgIpc) is 2.35. The molecule has 20 heavy (non-hydrogen) atoms. The van der Waals surface area contributed by atoms with Crippen molar-refractivity contribution < 1.29 is 9.15 Å². The van der Waals surface area contributed by atoms with Crippen LogP contribution < -0.4 is 10.4 Å². The molecule has 2 rings (SSSR count). The molecular weight excluding hydrogens is 301 g/mol. The summed E-state index contributed by atoms with van der Waals surface area (Å²) in [5.41, 5.74) is 0.0507. The fourth-order valence-corrected chi connectivity index (χ4v) is 1.92. The van der Waals surface area contributed by atoms with Crippen LogP contribution in [-0.2, 0) is 0 Å². The van der Waals surface area contributed by atoms with Gasteiger partial charge in [-0.3, -0.25) is 0 Å². The molecule has 1 aromatic heterocycles. The van der Waals surface area contributed by atoms with Gasteiger partial charge in [0.1, 0.15) is 5.58 Å². The van der Waals surface area contributed by atoms with Gasteiger partial charge in [-0.1, -0.05) is 11.6 Å². The zero-order chi connectivity index (χ0) is 13.8. The highest BCUT2D eigenvalue weighted by atomic mass is 35.5. The molecule has 1 aromatic carbocycles. The minimum Gasteiger partial charge on any atom is -0.486 e. The molecule has 0 aliphatic rings. The Labute approximate surface area is 128 Å². The molecular formula is C14H17Cl2NO3. The maximum Gasteiger partial charge on any atom is 0.379 e. The fourth-order valence-electron chi connectivity index (χ4n) is 1.74. The predicted molar refractivity (Wildman–Crippen MR) is 83.4 cm³/mol. The van der Waals surface area contributed by atoms with Gasteiger partial charge < -0.3 is 14.1 Å². The first-order valence-corrected chi connectivity index (χ1v) is 6.45. The van der Waals surface area contributed by atoms with Gasteiger partial charge in [0.15, 0.2) is 0 Å². The summed E-state index contributed by atoms with van der Waals surface area (Å²) in [5.74, 6) is 0.230. The highest BCUT2D eigenvalue weighted by molar-refractivity contribution is 6.31. The van der Waals surface area contributed by atoms with Gasteiger partial charge in [-0.05, 0) is 44.8 Å². The lowest BCUT2D eigenvalue weighted by atomic mass is 10.2. The molecule has 1 heterocycles. The van der Waals surface area contributed by atoms with Crippen molar-refractivity contribution in [2.24, 2.45) is 0 Å². The molecule has 0 aliphatic carbocycles. The Morgan fingerprint density at radius 3 is 2.75 bits per heavy atom. The highest BCUT2D eigenvalue weighted by Crippen LogP contribution is 2.21. The first-order chi connectivity index (χ1) is 9.06. The number of fused-ring (bicyclic) bond motifs is 1. The van der Waals surface area contributed by atoms with Gasteiger partial charge in [0, 0.05) is 17.0 Å². The molecule has 110 valence electrons. The van der Waals surface area contributed by atoms with Crippen molar-refractivity contribution in [3.63, 3.8) is 0 Å². The Bertz CT molecular complexity index is 625. The second-order valence-corrected chi connectivity index (χ2v) is 5.02. The monoisotopic (exact) mass is 317 g/mol. The SMILES string of the molecule is CN(C)CCCOc1cc2cc(Cl)ccc2oc1=O.Cl. The van der Waals surface area contributed by atoms with Crippen LogP contribution in [-0.4, -0.2) is 32.1 Å². The molecule has 2 aromatic rings. The van der Waals surface area contributed by atoms with Crippen LogP contribution in [0.25, 0.3) is 11.0 Å². The third-order valence-corrected chi connectivity index (χ3v) is 2.90. The number of nitrogens with zero attached hydrogens (tertiary/aromatic N) is 1. The summed E-state index contributed by atoms with van der Waals surface area (Å²) in [6.45, 7) is 1.39. The molecule has 0 unspecified atom stereocenters. The van der Waals surface area contributed by atoms with Gasteiger partial charge in [0.25, 0.3) is 0 Å². The topological polar surface area (TPSA) is 42.7 Å². The molecule has 0 aliphatic heterocycles. The summed E-state index contributed by atoms with van der Waals surface area (Å²) in [5, 5.41) is 1.36. The van der Waals surface area contributed by atoms with Crippen LogP contribution in [0.4, 0.5) is 0 Å². The molecule has 0 bridgehead atoms. The number of hydrogen-bond acceptors (Lipinski definition) is 4. The second-order valence-electron chi connectivity index (χ2n) is 4.59. The molecule has 0 saturated carbocycles. The zero-order valence-electron chi connectivity index (χ0n) is 11.4. The lowest BCUT2D eigenvalue weighted by Gasteiger charge is -2.09. The Kier molecular flexibility index (Phi) is 6.33. The number of hydrogen-bond donors (Lipinski definition) is 0. The van der Waals surface area contributed by atoms with E-state index in [9.17, 15) is 4.79 Å². The van der Waals surface area contributed by atoms with Crippen molar-refractivity contribution in [2.75, 3.05) is 27.2 Å². The van der Waals surface area contributed by atoms with Gasteiger partial charge in [0.05, 0.1) is 6.61 Å². The van der Waals surface area contributed by atoms with Crippen molar-refractivity contribution in [3.8, 4) is 5.75 Å². The summed E-state index contributed by atoms with van der Waals surface area (Å²) in [6.07, 6.45) is 0.847. The maximum absolute atomic E-state index is 11.7. The molecule has 0 N–H and O–H groups in total. The summed E-state index contributed by atoms with van der Waals surface area (Å²) in [7, 11) is 3.98. The summed E-state index contributed by atoms with van der Waals surface area (Å²) in [4.78, 5) is 13.8. The van der Waals surface area contributed by atoms with Crippen LogP contribution in [0.5, 0.6) is 5.75 Å². The number of halogens is 2. The van der Waals surface area contributed by atoms with Crippen LogP contribution in [0.15, 0.2) is 33.5 Å². The van der Waals surface area contributed by atoms with Crippen LogP contribution in [0.2, 0.25) is 5.02 Å². The zero-order valence-corrected chi connectivity index (χ0v) is 13.0. The molecule has 0 spiro atoms. The predicted octanol–water partition coefficient (Wildman–Crippen LogP) is 3.20. The van der Waals surface area contributed by atoms with E-state index in [0.717, 1.165) is 18.4 Å². The van der Waals surface area contributed by atoms with Gasteiger partial charge in [-0.2, -0.15) is 0 Å². The first kappa shape index (κ1) is 16.8. The third kappa shape index (κ3) is 4.40. The normalized spacial score (nSPS) is 10.6. The van der Waals surface area contributed by atoms with E-state index < -0.39 is 5.63 Å². The minimum atomic E-state index is -0.459. The first-order valence-electron chi connectivity index (χ1n) is 6.07. The Morgan fingerprint density at radius 2 is 2.05 bits per heavy atom. The lowest BCUT2D eigenvalue weighted by molar-refractivity contribution is 0.272. The van der Waals surface area contributed by atoms with Gasteiger partial charge in [-0.25, -0.2) is 4.79 Å². The minimum absolute atomic E-state index is 0. The largest absolute Gasteiger partial charge is 0.486 e. The van der Waals surface area contributed by atoms with Crippen molar-refractivity contribution in [1.29, 1.82) is 0 Å². The van der Waals surface area contributed by atoms with Crippen LogP contribution in [0.3, 0.4) is 0 Å². The van der Waals surface area contributed by atoms with E-state index in [1.165, 1.54) is 0 Å². The molecule has 0 atom stereocenters. The quantitative estimate of drug-likeness (QED) is 0.627. The number of ether oxygens (including phenoxy) is 1. The highest BCUT2D eigenvalue weighted by Gasteiger charge is 2.06. The van der Waals surface area contributed by atoms with Crippen LogP contribution >= 0.6 is 24.0 Å². The van der Waals surface area contributed by atoms with Crippen LogP contribution in [0.1, 0.15) is 6.42 Å². The van der Waals surface area contributed by atoms with Crippen molar-refractivity contribution in [1.82, 2.24) is 4.90 Å².